The Morgan fingerprint density at radius 2 is 1.84 bits per heavy atom. The summed E-state index contributed by atoms with van der Waals surface area (Å²) in [7, 11) is 0. The molecule has 2 heterocycles. The summed E-state index contributed by atoms with van der Waals surface area (Å²) in [6, 6.07) is 5.58. The van der Waals surface area contributed by atoms with Crippen LogP contribution >= 0.6 is 0 Å². The molecule has 8 heteroatoms. The van der Waals surface area contributed by atoms with Crippen molar-refractivity contribution < 1.29 is 22.1 Å². The lowest BCUT2D eigenvalue weighted by Gasteiger charge is -2.27. The average Bonchev–Trinajstić information content (AvgIpc) is 3.11. The molecule has 0 spiro atoms. The molecule has 4 nitrogen and oxygen atoms in total. The predicted molar refractivity (Wildman–Crippen MR) is 81.2 cm³/mol. The first kappa shape index (κ1) is 15.9. The fourth-order valence-corrected chi connectivity index (χ4v) is 3.18. The zero-order valence-corrected chi connectivity index (χ0v) is 13.3. The average molecular weight is 351 g/mol. The van der Waals surface area contributed by atoms with Crippen molar-refractivity contribution >= 4 is 0 Å². The number of aromatic nitrogens is 3. The van der Waals surface area contributed by atoms with Crippen LogP contribution in [0.25, 0.3) is 22.6 Å². The van der Waals surface area contributed by atoms with Crippen LogP contribution in [0.3, 0.4) is 0 Å². The molecular formula is C17H13F4N3O. The van der Waals surface area contributed by atoms with Gasteiger partial charge in [0.15, 0.2) is 0 Å². The first-order valence-electron chi connectivity index (χ1n) is 7.59. The van der Waals surface area contributed by atoms with E-state index < -0.39 is 23.2 Å². The lowest BCUT2D eigenvalue weighted by atomic mass is 9.77. The molecule has 130 valence electrons. The molecule has 0 saturated carbocycles. The van der Waals surface area contributed by atoms with E-state index in [9.17, 15) is 17.6 Å². The van der Waals surface area contributed by atoms with E-state index in [1.54, 1.807) is 0 Å². The normalized spacial score (nSPS) is 15.8. The largest absolute Gasteiger partial charge is 0.453 e. The van der Waals surface area contributed by atoms with Gasteiger partial charge in [0.2, 0.25) is 5.76 Å². The monoisotopic (exact) mass is 351 g/mol. The molecule has 0 bridgehead atoms. The summed E-state index contributed by atoms with van der Waals surface area (Å²) >= 11 is 0. The summed E-state index contributed by atoms with van der Waals surface area (Å²) in [6.45, 7) is 3.78. The third kappa shape index (κ3) is 2.43. The maximum atomic E-state index is 13.3. The van der Waals surface area contributed by atoms with Gasteiger partial charge in [0, 0.05) is 23.1 Å². The van der Waals surface area contributed by atoms with Crippen LogP contribution in [-0.4, -0.2) is 15.1 Å². The van der Waals surface area contributed by atoms with Gasteiger partial charge in [0.1, 0.15) is 11.6 Å². The highest BCUT2D eigenvalue weighted by Crippen LogP contribution is 2.47. The van der Waals surface area contributed by atoms with E-state index >= 15 is 0 Å². The van der Waals surface area contributed by atoms with Crippen LogP contribution in [0.4, 0.5) is 17.6 Å². The second-order valence-corrected chi connectivity index (χ2v) is 6.71. The first-order valence-corrected chi connectivity index (χ1v) is 7.59. The van der Waals surface area contributed by atoms with Crippen LogP contribution in [0.2, 0.25) is 0 Å². The zero-order chi connectivity index (χ0) is 18.0. The number of benzene rings is 1. The van der Waals surface area contributed by atoms with Crippen LogP contribution in [0.15, 0.2) is 28.8 Å². The minimum Gasteiger partial charge on any atom is -0.351 e. The Balaban J connectivity index is 1.93. The summed E-state index contributed by atoms with van der Waals surface area (Å²) in [6.07, 6.45) is -4.37. The van der Waals surface area contributed by atoms with Crippen molar-refractivity contribution in [1.29, 1.82) is 0 Å². The molecule has 0 atom stereocenters. The van der Waals surface area contributed by atoms with E-state index in [4.69, 9.17) is 0 Å². The van der Waals surface area contributed by atoms with Gasteiger partial charge < -0.3 is 9.51 Å². The molecule has 0 aliphatic heterocycles. The van der Waals surface area contributed by atoms with Crippen LogP contribution < -0.4 is 0 Å². The summed E-state index contributed by atoms with van der Waals surface area (Å²) < 4.78 is 57.5. The first-order chi connectivity index (χ1) is 11.7. The van der Waals surface area contributed by atoms with Gasteiger partial charge in [-0.15, -0.1) is 0 Å². The Kier molecular flexibility index (Phi) is 3.13. The fourth-order valence-electron chi connectivity index (χ4n) is 3.18. The van der Waals surface area contributed by atoms with E-state index in [2.05, 4.69) is 19.6 Å². The molecule has 0 unspecified atom stereocenters. The van der Waals surface area contributed by atoms with Crippen molar-refractivity contribution in [3.8, 4) is 22.6 Å². The van der Waals surface area contributed by atoms with Gasteiger partial charge in [0.05, 0.1) is 17.0 Å². The minimum atomic E-state index is -4.66. The van der Waals surface area contributed by atoms with Crippen LogP contribution in [0.5, 0.6) is 0 Å². The molecular weight excluding hydrogens is 338 g/mol. The Bertz CT molecular complexity index is 951. The van der Waals surface area contributed by atoms with Gasteiger partial charge in [0.25, 0.3) is 0 Å². The molecule has 2 aromatic heterocycles. The van der Waals surface area contributed by atoms with E-state index in [-0.39, 0.29) is 17.0 Å². The Hall–Kier alpha value is -2.64. The molecule has 0 radical (unpaired) electrons. The second-order valence-electron chi connectivity index (χ2n) is 6.71. The number of halogens is 4. The van der Waals surface area contributed by atoms with Crippen LogP contribution in [0.1, 0.15) is 31.0 Å². The maximum Gasteiger partial charge on any atom is 0.453 e. The van der Waals surface area contributed by atoms with Crippen molar-refractivity contribution in [3.05, 3.63) is 47.2 Å². The number of aromatic amines is 1. The van der Waals surface area contributed by atoms with Crippen molar-refractivity contribution in [2.45, 2.75) is 31.9 Å². The Labute approximate surface area is 139 Å². The smallest absolute Gasteiger partial charge is 0.351 e. The molecule has 0 saturated heterocycles. The van der Waals surface area contributed by atoms with E-state index in [0.29, 0.717) is 23.5 Å². The molecule has 4 rings (SSSR count). The number of fused-ring (bicyclic) bond motifs is 3. The fraction of sp³-hybridized carbons (Fsp3) is 0.294. The SMILES string of the molecule is CC1(C)Cc2noc(C(F)(F)F)c2-c2nc(-c3ccc(F)cc3)[nH]c21. The van der Waals surface area contributed by atoms with Gasteiger partial charge in [-0.25, -0.2) is 9.37 Å². The van der Waals surface area contributed by atoms with E-state index in [1.165, 1.54) is 24.3 Å². The second kappa shape index (κ2) is 4.93. The summed E-state index contributed by atoms with van der Waals surface area (Å²) in [5.41, 5.74) is 0.964. The standard InChI is InChI=1S/C17H13F4N3O/c1-16(2)7-10-11(14(25-24-10)17(19,20)21)12-13(16)23-15(22-12)8-3-5-9(18)6-4-8/h3-6H,7H2,1-2H3,(H,22,23). The van der Waals surface area contributed by atoms with Gasteiger partial charge >= 0.3 is 6.18 Å². The molecule has 0 amide bonds. The number of rotatable bonds is 1. The quantitative estimate of drug-likeness (QED) is 0.645. The third-order valence-electron chi connectivity index (χ3n) is 4.36. The topological polar surface area (TPSA) is 54.7 Å². The number of imidazole rings is 1. The predicted octanol–water partition coefficient (Wildman–Crippen LogP) is 4.72. The number of H-pyrrole nitrogens is 1. The van der Waals surface area contributed by atoms with Crippen molar-refractivity contribution in [2.24, 2.45) is 0 Å². The number of hydrogen-bond donors (Lipinski definition) is 1. The molecule has 0 fully saturated rings. The summed E-state index contributed by atoms with van der Waals surface area (Å²) in [4.78, 5) is 7.45. The lowest BCUT2D eigenvalue weighted by molar-refractivity contribution is -0.155. The van der Waals surface area contributed by atoms with Gasteiger partial charge in [-0.2, -0.15) is 13.2 Å². The van der Waals surface area contributed by atoms with Gasteiger partial charge in [-0.05, 0) is 24.3 Å². The van der Waals surface area contributed by atoms with Crippen molar-refractivity contribution in [1.82, 2.24) is 15.1 Å². The van der Waals surface area contributed by atoms with E-state index in [1.807, 2.05) is 13.8 Å². The van der Waals surface area contributed by atoms with Crippen molar-refractivity contribution in [3.63, 3.8) is 0 Å². The highest BCUT2D eigenvalue weighted by Gasteiger charge is 2.46. The molecule has 1 N–H and O–H groups in total. The van der Waals surface area contributed by atoms with Crippen molar-refractivity contribution in [2.75, 3.05) is 0 Å². The number of nitrogens with one attached hydrogen (secondary N) is 1. The number of hydrogen-bond acceptors (Lipinski definition) is 3. The number of nitrogens with zero attached hydrogens (tertiary/aromatic N) is 2. The Morgan fingerprint density at radius 1 is 1.16 bits per heavy atom. The van der Waals surface area contributed by atoms with Gasteiger partial charge in [-0.3, -0.25) is 0 Å². The highest BCUT2D eigenvalue weighted by atomic mass is 19.4. The zero-order valence-electron chi connectivity index (χ0n) is 13.3. The molecule has 1 aliphatic rings. The summed E-state index contributed by atoms with van der Waals surface area (Å²) in [5, 5.41) is 3.61. The lowest BCUT2D eigenvalue weighted by Crippen LogP contribution is -2.26. The van der Waals surface area contributed by atoms with Crippen LogP contribution in [-0.2, 0) is 18.0 Å². The highest BCUT2D eigenvalue weighted by molar-refractivity contribution is 5.74. The molecule has 3 aromatic rings. The number of alkyl halides is 3. The maximum absolute atomic E-state index is 13.3. The molecule has 1 aromatic carbocycles. The molecule has 1 aliphatic carbocycles. The van der Waals surface area contributed by atoms with Crippen LogP contribution in [0, 0.1) is 5.82 Å². The van der Waals surface area contributed by atoms with E-state index in [0.717, 1.165) is 0 Å². The third-order valence-corrected chi connectivity index (χ3v) is 4.36. The van der Waals surface area contributed by atoms with Gasteiger partial charge in [-0.1, -0.05) is 19.0 Å². The minimum absolute atomic E-state index is 0.119. The summed E-state index contributed by atoms with van der Waals surface area (Å²) in [5.74, 6) is -1.17. The molecule has 25 heavy (non-hydrogen) atoms. The Morgan fingerprint density at radius 3 is 2.48 bits per heavy atom.